The summed E-state index contributed by atoms with van der Waals surface area (Å²) in [7, 11) is 0. The molecule has 0 bridgehead atoms. The van der Waals surface area contributed by atoms with Gasteiger partial charge in [0.05, 0.1) is 17.9 Å². The fourth-order valence-corrected chi connectivity index (χ4v) is 5.02. The first-order valence-electron chi connectivity index (χ1n) is 7.54. The third kappa shape index (κ3) is 3.95. The van der Waals surface area contributed by atoms with Crippen LogP contribution in [-0.2, 0) is 10.2 Å². The topological polar surface area (TPSA) is 42.0 Å². The fourth-order valence-electron chi connectivity index (χ4n) is 2.49. The van der Waals surface area contributed by atoms with Crippen LogP contribution in [0.1, 0.15) is 31.9 Å². The van der Waals surface area contributed by atoms with Crippen LogP contribution in [0.15, 0.2) is 42.2 Å². The minimum absolute atomic E-state index is 0.198. The van der Waals surface area contributed by atoms with Gasteiger partial charge in [0.25, 0.3) is 0 Å². The highest BCUT2D eigenvalue weighted by Gasteiger charge is 2.43. The summed E-state index contributed by atoms with van der Waals surface area (Å²) in [6.45, 7) is 6.78. The van der Waals surface area contributed by atoms with Gasteiger partial charge in [0.15, 0.2) is 5.75 Å². The van der Waals surface area contributed by atoms with Crippen molar-refractivity contribution in [3.63, 3.8) is 0 Å². The number of phenols is 1. The van der Waals surface area contributed by atoms with Gasteiger partial charge in [-0.3, -0.25) is 0 Å². The Labute approximate surface area is 180 Å². The van der Waals surface area contributed by atoms with Crippen LogP contribution in [0.4, 0.5) is 0 Å². The zero-order valence-electron chi connectivity index (χ0n) is 13.8. The van der Waals surface area contributed by atoms with Crippen LogP contribution in [0.5, 0.6) is 11.5 Å². The van der Waals surface area contributed by atoms with Gasteiger partial charge < -0.3 is 14.6 Å². The van der Waals surface area contributed by atoms with Gasteiger partial charge in [-0.15, -0.1) is 0 Å². The number of phenolic OH excluding ortho intramolecular Hbond substituents is 1. The molecule has 1 saturated heterocycles. The van der Waals surface area contributed by atoms with Gasteiger partial charge in [0, 0.05) is 12.3 Å². The SMILES string of the molecule is CC1(Oc2c(Br)cc(C(C)(C)c3cc(Br)c(O)c(Br)c3)cc2Br)CO1. The van der Waals surface area contributed by atoms with E-state index in [0.29, 0.717) is 15.6 Å². The van der Waals surface area contributed by atoms with Crippen LogP contribution < -0.4 is 4.74 Å². The summed E-state index contributed by atoms with van der Waals surface area (Å²) in [5, 5.41) is 9.97. The monoisotopic (exact) mass is 596 g/mol. The Bertz CT molecular complexity index is 798. The summed E-state index contributed by atoms with van der Waals surface area (Å²) in [6.07, 6.45) is 0. The summed E-state index contributed by atoms with van der Waals surface area (Å²) in [4.78, 5) is 0. The second kappa shape index (κ2) is 6.82. The molecule has 1 heterocycles. The number of halogens is 4. The largest absolute Gasteiger partial charge is 0.506 e. The number of rotatable bonds is 4. The minimum atomic E-state index is -0.533. The molecule has 1 fully saturated rings. The van der Waals surface area contributed by atoms with Gasteiger partial charge in [0.1, 0.15) is 12.4 Å². The molecule has 134 valence electrons. The van der Waals surface area contributed by atoms with Crippen LogP contribution in [0.2, 0.25) is 0 Å². The van der Waals surface area contributed by atoms with Gasteiger partial charge >= 0.3 is 0 Å². The zero-order valence-corrected chi connectivity index (χ0v) is 20.1. The number of hydrogen-bond donors (Lipinski definition) is 1. The molecular weight excluding hydrogens is 584 g/mol. The first-order chi connectivity index (χ1) is 11.5. The smallest absolute Gasteiger partial charge is 0.231 e. The lowest BCUT2D eigenvalue weighted by Crippen LogP contribution is -2.20. The quantitative estimate of drug-likeness (QED) is 0.389. The molecule has 1 aliphatic rings. The van der Waals surface area contributed by atoms with Crippen molar-refractivity contribution in [1.29, 1.82) is 0 Å². The van der Waals surface area contributed by atoms with Crippen LogP contribution >= 0.6 is 63.7 Å². The Morgan fingerprint density at radius 3 is 1.76 bits per heavy atom. The summed E-state index contributed by atoms with van der Waals surface area (Å²) in [5.74, 6) is 0.394. The van der Waals surface area contributed by atoms with E-state index in [-0.39, 0.29) is 11.2 Å². The second-order valence-corrected chi connectivity index (χ2v) is 10.1. The summed E-state index contributed by atoms with van der Waals surface area (Å²) in [5.41, 5.74) is 1.88. The molecule has 2 aromatic carbocycles. The van der Waals surface area contributed by atoms with Gasteiger partial charge in [-0.1, -0.05) is 13.8 Å². The van der Waals surface area contributed by atoms with Gasteiger partial charge in [-0.25, -0.2) is 0 Å². The van der Waals surface area contributed by atoms with E-state index in [4.69, 9.17) is 9.47 Å². The lowest BCUT2D eigenvalue weighted by atomic mass is 9.78. The highest BCUT2D eigenvalue weighted by atomic mass is 79.9. The van der Waals surface area contributed by atoms with Crippen molar-refractivity contribution >= 4 is 63.7 Å². The molecule has 3 rings (SSSR count). The Hall–Kier alpha value is -0.0800. The van der Waals surface area contributed by atoms with Crippen molar-refractivity contribution in [2.45, 2.75) is 32.0 Å². The maximum atomic E-state index is 9.97. The van der Waals surface area contributed by atoms with Gasteiger partial charge in [-0.05, 0) is 99.1 Å². The van der Waals surface area contributed by atoms with E-state index in [0.717, 1.165) is 25.8 Å². The molecule has 0 amide bonds. The predicted octanol–water partition coefficient (Wildman–Crippen LogP) is 6.89. The average Bonchev–Trinajstić information content (AvgIpc) is 3.25. The van der Waals surface area contributed by atoms with Crippen molar-refractivity contribution in [1.82, 2.24) is 0 Å². The molecule has 3 nitrogen and oxygen atoms in total. The Morgan fingerprint density at radius 1 is 0.960 bits per heavy atom. The maximum absolute atomic E-state index is 9.97. The predicted molar refractivity (Wildman–Crippen MR) is 112 cm³/mol. The van der Waals surface area contributed by atoms with Crippen LogP contribution in [-0.4, -0.2) is 17.5 Å². The highest BCUT2D eigenvalue weighted by Crippen LogP contribution is 2.45. The zero-order chi connectivity index (χ0) is 18.6. The van der Waals surface area contributed by atoms with Gasteiger partial charge in [-0.2, -0.15) is 0 Å². The van der Waals surface area contributed by atoms with E-state index in [1.54, 1.807) is 0 Å². The molecule has 25 heavy (non-hydrogen) atoms. The van der Waals surface area contributed by atoms with Crippen LogP contribution in [0, 0.1) is 0 Å². The lowest BCUT2D eigenvalue weighted by Gasteiger charge is -2.28. The fraction of sp³-hybridized carbons (Fsp3) is 0.333. The van der Waals surface area contributed by atoms with Gasteiger partial charge in [0.2, 0.25) is 5.79 Å². The Kier molecular flexibility index (Phi) is 5.37. The van der Waals surface area contributed by atoms with Crippen molar-refractivity contribution in [2.24, 2.45) is 0 Å². The molecule has 0 spiro atoms. The van der Waals surface area contributed by atoms with E-state index < -0.39 is 5.79 Å². The third-order valence-corrected chi connectivity index (χ3v) is 6.71. The van der Waals surface area contributed by atoms with E-state index in [1.165, 1.54) is 0 Å². The number of hydrogen-bond acceptors (Lipinski definition) is 3. The van der Waals surface area contributed by atoms with E-state index in [1.807, 2.05) is 19.1 Å². The summed E-state index contributed by atoms with van der Waals surface area (Å²) >= 11 is 14.0. The Balaban J connectivity index is 2.03. The molecule has 0 radical (unpaired) electrons. The molecule has 7 heteroatoms. The molecule has 1 unspecified atom stereocenters. The molecule has 2 aromatic rings. The number of ether oxygens (including phenoxy) is 2. The molecule has 1 aliphatic heterocycles. The third-order valence-electron chi connectivity index (χ3n) is 4.33. The second-order valence-electron chi connectivity index (χ2n) is 6.71. The maximum Gasteiger partial charge on any atom is 0.231 e. The number of epoxide rings is 1. The molecule has 0 saturated carbocycles. The van der Waals surface area contributed by atoms with E-state index in [2.05, 4.69) is 89.7 Å². The first-order valence-corrected chi connectivity index (χ1v) is 10.7. The normalized spacial score (nSPS) is 19.8. The minimum Gasteiger partial charge on any atom is -0.506 e. The van der Waals surface area contributed by atoms with Crippen LogP contribution in [0.3, 0.4) is 0 Å². The standard InChI is InChI=1S/C18H16Br4O3/c1-17(2,9-4-11(19)15(23)12(20)5-9)10-6-13(21)16(14(22)7-10)25-18(3)8-24-18/h4-7,23H,8H2,1-3H3. The van der Waals surface area contributed by atoms with E-state index >= 15 is 0 Å². The Morgan fingerprint density at radius 2 is 1.36 bits per heavy atom. The first kappa shape index (κ1) is 19.7. The average molecular weight is 600 g/mol. The molecule has 0 aromatic heterocycles. The summed E-state index contributed by atoms with van der Waals surface area (Å²) < 4.78 is 14.3. The number of benzene rings is 2. The lowest BCUT2D eigenvalue weighted by molar-refractivity contribution is 0.0786. The van der Waals surface area contributed by atoms with Crippen molar-refractivity contribution in [2.75, 3.05) is 6.61 Å². The molecule has 1 atom stereocenters. The number of aromatic hydroxyl groups is 1. The highest BCUT2D eigenvalue weighted by molar-refractivity contribution is 9.11. The molecule has 0 aliphatic carbocycles. The summed E-state index contributed by atoms with van der Waals surface area (Å²) in [6, 6.07) is 7.98. The van der Waals surface area contributed by atoms with Crippen molar-refractivity contribution < 1.29 is 14.6 Å². The van der Waals surface area contributed by atoms with E-state index in [9.17, 15) is 5.11 Å². The van der Waals surface area contributed by atoms with Crippen molar-refractivity contribution in [3.8, 4) is 11.5 Å². The molecule has 1 N–H and O–H groups in total. The van der Waals surface area contributed by atoms with Crippen molar-refractivity contribution in [3.05, 3.63) is 53.3 Å². The van der Waals surface area contributed by atoms with Crippen LogP contribution in [0.25, 0.3) is 0 Å². The molecular formula is C18H16Br4O3.